The summed E-state index contributed by atoms with van der Waals surface area (Å²) in [5.74, 6) is 0. The first-order valence-corrected chi connectivity index (χ1v) is 9.14. The molecular formula is C12H10N2O10S2. The number of nitrogens with zero attached hydrogens (tertiary/aromatic N) is 2. The average Bonchev–Trinajstić information content (AvgIpc) is 2.54. The highest BCUT2D eigenvalue weighted by Crippen LogP contribution is 2.17. The second-order valence-electron chi connectivity index (χ2n) is 4.46. The van der Waals surface area contributed by atoms with Crippen molar-refractivity contribution in [1.29, 1.82) is 0 Å². The van der Waals surface area contributed by atoms with Crippen molar-refractivity contribution < 1.29 is 35.8 Å². The van der Waals surface area contributed by atoms with E-state index in [0.29, 0.717) is 0 Å². The van der Waals surface area contributed by atoms with Crippen LogP contribution in [0, 0.1) is 20.2 Å². The molecule has 0 aliphatic rings. The topological polar surface area (TPSA) is 195 Å². The molecule has 0 aliphatic carbocycles. The molecule has 2 rings (SSSR count). The van der Waals surface area contributed by atoms with Crippen LogP contribution in [0.3, 0.4) is 0 Å². The number of rotatable bonds is 4. The van der Waals surface area contributed by atoms with Gasteiger partial charge in [0.1, 0.15) is 9.79 Å². The monoisotopic (exact) mass is 406 g/mol. The highest BCUT2D eigenvalue weighted by atomic mass is 32.2. The number of nitro benzene ring substituents is 2. The molecule has 12 nitrogen and oxygen atoms in total. The summed E-state index contributed by atoms with van der Waals surface area (Å²) in [6, 6.07) is 8.35. The summed E-state index contributed by atoms with van der Waals surface area (Å²) in [4.78, 5) is 18.0. The Balaban J connectivity index is 0.000000260. The van der Waals surface area contributed by atoms with Gasteiger partial charge in [0, 0.05) is 24.3 Å². The SMILES string of the molecule is O=[N+]([O-])c1cccc(S(=O)(=O)O)c1.O=[N+]([O-])c1cccc(S(=O)(=O)O)c1. The molecule has 0 aromatic heterocycles. The van der Waals surface area contributed by atoms with Crippen molar-refractivity contribution in [2.24, 2.45) is 0 Å². The van der Waals surface area contributed by atoms with E-state index in [9.17, 15) is 37.1 Å². The van der Waals surface area contributed by atoms with E-state index >= 15 is 0 Å². The van der Waals surface area contributed by atoms with Crippen LogP contribution < -0.4 is 0 Å². The molecule has 0 saturated carbocycles. The normalized spacial score (nSPS) is 11.2. The van der Waals surface area contributed by atoms with Crippen LogP contribution in [0.15, 0.2) is 58.3 Å². The molecule has 0 radical (unpaired) electrons. The molecule has 140 valence electrons. The summed E-state index contributed by atoms with van der Waals surface area (Å²) in [5, 5.41) is 20.4. The molecule has 2 N–H and O–H groups in total. The standard InChI is InChI=1S/2C6H5NO5S/c2*8-7(9)5-2-1-3-6(4-5)13(10,11)12/h2*1-4H,(H,10,11,12). The molecule has 0 spiro atoms. The van der Waals surface area contributed by atoms with Crippen LogP contribution in [0.4, 0.5) is 11.4 Å². The highest BCUT2D eigenvalue weighted by molar-refractivity contribution is 7.86. The van der Waals surface area contributed by atoms with E-state index in [2.05, 4.69) is 0 Å². The first-order valence-electron chi connectivity index (χ1n) is 6.26. The quantitative estimate of drug-likeness (QED) is 0.428. The predicted molar refractivity (Wildman–Crippen MR) is 85.8 cm³/mol. The number of hydrogen-bond donors (Lipinski definition) is 2. The number of non-ortho nitro benzene ring substituents is 2. The minimum Gasteiger partial charge on any atom is -0.282 e. The third-order valence-electron chi connectivity index (χ3n) is 2.65. The van der Waals surface area contributed by atoms with E-state index in [-0.39, 0.29) is 11.4 Å². The summed E-state index contributed by atoms with van der Waals surface area (Å²) in [6.45, 7) is 0. The van der Waals surface area contributed by atoms with Crippen molar-refractivity contribution in [3.05, 3.63) is 68.8 Å². The Hall–Kier alpha value is -2.94. The van der Waals surface area contributed by atoms with E-state index in [1.54, 1.807) is 0 Å². The molecule has 0 unspecified atom stereocenters. The summed E-state index contributed by atoms with van der Waals surface area (Å²) >= 11 is 0. The van der Waals surface area contributed by atoms with Crippen molar-refractivity contribution in [3.63, 3.8) is 0 Å². The Morgan fingerprint density at radius 3 is 1.23 bits per heavy atom. The lowest BCUT2D eigenvalue weighted by atomic mass is 10.3. The number of benzene rings is 2. The fraction of sp³-hybridized carbons (Fsp3) is 0. The van der Waals surface area contributed by atoms with Crippen molar-refractivity contribution in [3.8, 4) is 0 Å². The minimum absolute atomic E-state index is 0.380. The largest absolute Gasteiger partial charge is 0.294 e. The molecule has 0 fully saturated rings. The van der Waals surface area contributed by atoms with Crippen LogP contribution >= 0.6 is 0 Å². The Morgan fingerprint density at radius 2 is 1.00 bits per heavy atom. The van der Waals surface area contributed by atoms with Crippen LogP contribution in [-0.4, -0.2) is 35.8 Å². The van der Waals surface area contributed by atoms with Gasteiger partial charge in [-0.15, -0.1) is 0 Å². The van der Waals surface area contributed by atoms with E-state index in [1.807, 2.05) is 0 Å². The van der Waals surface area contributed by atoms with E-state index in [1.165, 1.54) is 12.1 Å². The maximum Gasteiger partial charge on any atom is 0.294 e. The van der Waals surface area contributed by atoms with Gasteiger partial charge in [-0.05, 0) is 12.1 Å². The van der Waals surface area contributed by atoms with Gasteiger partial charge in [0.05, 0.1) is 9.85 Å². The number of nitro groups is 2. The van der Waals surface area contributed by atoms with Gasteiger partial charge in [0.25, 0.3) is 31.6 Å². The van der Waals surface area contributed by atoms with Gasteiger partial charge in [-0.3, -0.25) is 29.3 Å². The van der Waals surface area contributed by atoms with Gasteiger partial charge in [-0.25, -0.2) is 0 Å². The molecule has 26 heavy (non-hydrogen) atoms. The molecule has 0 heterocycles. The minimum atomic E-state index is -4.36. The lowest BCUT2D eigenvalue weighted by molar-refractivity contribution is -0.385. The maximum absolute atomic E-state index is 10.5. The fourth-order valence-corrected chi connectivity index (χ4v) is 2.56. The number of hydrogen-bond acceptors (Lipinski definition) is 8. The zero-order valence-electron chi connectivity index (χ0n) is 12.5. The summed E-state index contributed by atoms with van der Waals surface area (Å²) < 4.78 is 59.3. The molecule has 0 amide bonds. The summed E-state index contributed by atoms with van der Waals surface area (Å²) in [5.41, 5.74) is -0.759. The first-order chi connectivity index (χ1) is 11.8. The molecule has 0 atom stereocenters. The van der Waals surface area contributed by atoms with Crippen LogP contribution in [-0.2, 0) is 20.2 Å². The van der Waals surface area contributed by atoms with Gasteiger partial charge in [0.2, 0.25) is 0 Å². The second kappa shape index (κ2) is 7.96. The van der Waals surface area contributed by atoms with Gasteiger partial charge in [0.15, 0.2) is 0 Å². The molecule has 0 saturated heterocycles. The highest BCUT2D eigenvalue weighted by Gasteiger charge is 2.14. The van der Waals surface area contributed by atoms with Gasteiger partial charge < -0.3 is 0 Å². The zero-order valence-corrected chi connectivity index (χ0v) is 14.1. The molecule has 2 aromatic rings. The van der Waals surface area contributed by atoms with E-state index in [4.69, 9.17) is 9.11 Å². The van der Waals surface area contributed by atoms with Gasteiger partial charge in [-0.2, -0.15) is 16.8 Å². The van der Waals surface area contributed by atoms with Crippen LogP contribution in [0.1, 0.15) is 0 Å². The predicted octanol–water partition coefficient (Wildman–Crippen LogP) is 1.68. The molecule has 14 heteroatoms. The van der Waals surface area contributed by atoms with E-state index in [0.717, 1.165) is 36.4 Å². The maximum atomic E-state index is 10.5. The average molecular weight is 406 g/mol. The van der Waals surface area contributed by atoms with Crippen LogP contribution in [0.2, 0.25) is 0 Å². The fourth-order valence-electron chi connectivity index (χ4n) is 1.52. The Kier molecular flexibility index (Phi) is 6.46. The summed E-state index contributed by atoms with van der Waals surface area (Å²) in [7, 11) is -8.73. The van der Waals surface area contributed by atoms with Crippen LogP contribution in [0.5, 0.6) is 0 Å². The summed E-state index contributed by atoms with van der Waals surface area (Å²) in [6.07, 6.45) is 0. The van der Waals surface area contributed by atoms with Gasteiger partial charge >= 0.3 is 0 Å². The van der Waals surface area contributed by atoms with Crippen LogP contribution in [0.25, 0.3) is 0 Å². The third-order valence-corrected chi connectivity index (χ3v) is 4.35. The van der Waals surface area contributed by atoms with E-state index < -0.39 is 39.9 Å². The lowest BCUT2D eigenvalue weighted by Gasteiger charge is -1.95. The van der Waals surface area contributed by atoms with Crippen molar-refractivity contribution in [1.82, 2.24) is 0 Å². The zero-order chi connectivity index (χ0) is 20.1. The Labute approximate surface area is 146 Å². The lowest BCUT2D eigenvalue weighted by Crippen LogP contribution is -1.98. The molecule has 0 aliphatic heterocycles. The first kappa shape index (κ1) is 21.1. The van der Waals surface area contributed by atoms with Crippen molar-refractivity contribution >= 4 is 31.6 Å². The Bertz CT molecular complexity index is 962. The smallest absolute Gasteiger partial charge is 0.282 e. The molecule has 2 aromatic carbocycles. The Morgan fingerprint density at radius 1 is 0.692 bits per heavy atom. The van der Waals surface area contributed by atoms with Crippen molar-refractivity contribution in [2.75, 3.05) is 0 Å². The second-order valence-corrected chi connectivity index (χ2v) is 7.30. The molecular weight excluding hydrogens is 396 g/mol. The molecule has 0 bridgehead atoms. The third kappa shape index (κ3) is 6.17. The van der Waals surface area contributed by atoms with Gasteiger partial charge in [-0.1, -0.05) is 12.1 Å². The van der Waals surface area contributed by atoms with Crippen molar-refractivity contribution in [2.45, 2.75) is 9.79 Å².